The Hall–Kier alpha value is -3.16. The molecule has 0 radical (unpaired) electrons. The van der Waals surface area contributed by atoms with Gasteiger partial charge < -0.3 is 14.2 Å². The van der Waals surface area contributed by atoms with Crippen molar-refractivity contribution in [3.8, 4) is 5.69 Å². The van der Waals surface area contributed by atoms with Gasteiger partial charge in [0.2, 0.25) is 0 Å². The Bertz CT molecular complexity index is 1520. The second kappa shape index (κ2) is 12.1. The summed E-state index contributed by atoms with van der Waals surface area (Å²) in [6.07, 6.45) is 3.61. The van der Waals surface area contributed by atoms with Crippen LogP contribution in [0, 0.1) is 6.92 Å². The van der Waals surface area contributed by atoms with Crippen LogP contribution in [-0.2, 0) is 28.5 Å². The van der Waals surface area contributed by atoms with E-state index in [1.807, 2.05) is 0 Å². The van der Waals surface area contributed by atoms with Crippen molar-refractivity contribution in [3.05, 3.63) is 75.8 Å². The molecule has 0 amide bonds. The van der Waals surface area contributed by atoms with Gasteiger partial charge in [-0.05, 0) is 56.5 Å². The summed E-state index contributed by atoms with van der Waals surface area (Å²) in [5.74, 6) is 0.447. The highest BCUT2D eigenvalue weighted by Gasteiger charge is 2.30. The van der Waals surface area contributed by atoms with Gasteiger partial charge >= 0.3 is 5.97 Å². The van der Waals surface area contributed by atoms with Crippen LogP contribution in [0.3, 0.4) is 0 Å². The standard InChI is InChI=1S/C27H29ClN4O7S/c1-17-30-31-26-22(16-39-40(2,34)35)29-25(18-6-9-20(28)10-7-18)21-15-19(8-11-23(21)32(17)26)27(33)38-14-13-37-24-5-3-4-12-36-24/h6-11,15,22,24H,3-5,12-14,16H2,1-2H3/t22-,24?/m0/s1. The number of aromatic nitrogens is 3. The molecule has 2 aliphatic rings. The fraction of sp³-hybridized carbons (Fsp3) is 0.407. The molecule has 2 aromatic carbocycles. The molecule has 40 heavy (non-hydrogen) atoms. The average molecular weight is 589 g/mol. The number of hydrogen-bond acceptors (Lipinski definition) is 10. The van der Waals surface area contributed by atoms with Gasteiger partial charge in [0.1, 0.15) is 18.5 Å². The molecule has 1 fully saturated rings. The molecule has 0 bridgehead atoms. The lowest BCUT2D eigenvalue weighted by atomic mass is 9.98. The third-order valence-electron chi connectivity index (χ3n) is 6.48. The topological polar surface area (TPSA) is 131 Å². The van der Waals surface area contributed by atoms with E-state index in [-0.39, 0.29) is 26.1 Å². The third-order valence-corrected chi connectivity index (χ3v) is 7.29. The molecule has 0 spiro atoms. The van der Waals surface area contributed by atoms with Gasteiger partial charge in [0, 0.05) is 22.8 Å². The number of aliphatic imine (C=N–C) groups is 1. The first-order valence-corrected chi connectivity index (χ1v) is 15.0. The van der Waals surface area contributed by atoms with Gasteiger partial charge in [0.05, 0.1) is 36.4 Å². The summed E-state index contributed by atoms with van der Waals surface area (Å²) in [7, 11) is -3.75. The molecule has 0 saturated carbocycles. The van der Waals surface area contributed by atoms with E-state index in [2.05, 4.69) is 10.2 Å². The van der Waals surface area contributed by atoms with E-state index < -0.39 is 22.1 Å². The van der Waals surface area contributed by atoms with Gasteiger partial charge in [0.25, 0.3) is 10.1 Å². The summed E-state index contributed by atoms with van der Waals surface area (Å²) in [6, 6.07) is 11.4. The van der Waals surface area contributed by atoms with Crippen molar-refractivity contribution in [3.63, 3.8) is 0 Å². The zero-order valence-corrected chi connectivity index (χ0v) is 23.7. The van der Waals surface area contributed by atoms with Crippen LogP contribution in [0.4, 0.5) is 0 Å². The number of nitrogens with zero attached hydrogens (tertiary/aromatic N) is 4. The van der Waals surface area contributed by atoms with Gasteiger partial charge in [-0.2, -0.15) is 8.42 Å². The van der Waals surface area contributed by atoms with Crippen molar-refractivity contribution in [2.45, 2.75) is 38.5 Å². The van der Waals surface area contributed by atoms with Crippen molar-refractivity contribution >= 4 is 33.4 Å². The summed E-state index contributed by atoms with van der Waals surface area (Å²) in [4.78, 5) is 17.9. The molecule has 5 rings (SSSR count). The number of carbonyl (C=O) groups excluding carboxylic acids is 1. The molecule has 0 aliphatic carbocycles. The zero-order valence-electron chi connectivity index (χ0n) is 22.1. The Labute approximate surface area is 237 Å². The molecule has 2 aliphatic heterocycles. The Kier molecular flexibility index (Phi) is 8.62. The molecule has 1 unspecified atom stereocenters. The monoisotopic (exact) mass is 588 g/mol. The SMILES string of the molecule is Cc1nnc2n1-c1ccc(C(=O)OCCOC3CCCCO3)cc1C(c1ccc(Cl)cc1)=N[C@H]2COS(C)(=O)=O. The van der Waals surface area contributed by atoms with E-state index in [4.69, 9.17) is 35.0 Å². The minimum absolute atomic E-state index is 0.0769. The zero-order chi connectivity index (χ0) is 28.3. The summed E-state index contributed by atoms with van der Waals surface area (Å²) < 4.78 is 47.2. The van der Waals surface area contributed by atoms with Crippen molar-refractivity contribution in [1.29, 1.82) is 0 Å². The molecular weight excluding hydrogens is 560 g/mol. The quantitative estimate of drug-likeness (QED) is 0.208. The Balaban J connectivity index is 1.48. The predicted octanol–water partition coefficient (Wildman–Crippen LogP) is 3.80. The van der Waals surface area contributed by atoms with Gasteiger partial charge in [-0.25, -0.2) is 4.79 Å². The molecule has 3 heterocycles. The number of fused-ring (bicyclic) bond motifs is 3. The van der Waals surface area contributed by atoms with Crippen LogP contribution in [0.25, 0.3) is 5.69 Å². The highest BCUT2D eigenvalue weighted by atomic mass is 35.5. The van der Waals surface area contributed by atoms with E-state index in [1.165, 1.54) is 0 Å². The van der Waals surface area contributed by atoms with Crippen LogP contribution in [0.5, 0.6) is 0 Å². The summed E-state index contributed by atoms with van der Waals surface area (Å²) in [5, 5.41) is 9.02. The minimum atomic E-state index is -3.75. The fourth-order valence-electron chi connectivity index (χ4n) is 4.60. The number of esters is 1. The molecular formula is C27H29ClN4O7S. The van der Waals surface area contributed by atoms with E-state index in [0.717, 1.165) is 25.5 Å². The Morgan fingerprint density at radius 1 is 1.12 bits per heavy atom. The van der Waals surface area contributed by atoms with E-state index in [1.54, 1.807) is 54.0 Å². The second-order valence-electron chi connectivity index (χ2n) is 9.46. The van der Waals surface area contributed by atoms with Crippen LogP contribution in [0.1, 0.15) is 58.4 Å². The number of carbonyl (C=O) groups is 1. The first kappa shape index (κ1) is 28.4. The molecule has 3 aromatic rings. The molecule has 212 valence electrons. The van der Waals surface area contributed by atoms with Crippen molar-refractivity contribution in [2.24, 2.45) is 4.99 Å². The van der Waals surface area contributed by atoms with Crippen LogP contribution < -0.4 is 0 Å². The first-order chi connectivity index (χ1) is 19.2. The van der Waals surface area contributed by atoms with Gasteiger partial charge in [-0.3, -0.25) is 13.7 Å². The first-order valence-electron chi connectivity index (χ1n) is 12.8. The summed E-state index contributed by atoms with van der Waals surface area (Å²) in [5.41, 5.74) is 2.80. The lowest BCUT2D eigenvalue weighted by molar-refractivity contribution is -0.166. The lowest BCUT2D eigenvalue weighted by Crippen LogP contribution is -2.24. The lowest BCUT2D eigenvalue weighted by Gasteiger charge is -2.22. The minimum Gasteiger partial charge on any atom is -0.460 e. The molecule has 11 nitrogen and oxygen atoms in total. The fourth-order valence-corrected chi connectivity index (χ4v) is 5.10. The summed E-state index contributed by atoms with van der Waals surface area (Å²) in [6.45, 7) is 2.48. The van der Waals surface area contributed by atoms with Crippen molar-refractivity contribution in [1.82, 2.24) is 14.8 Å². The van der Waals surface area contributed by atoms with E-state index >= 15 is 0 Å². The van der Waals surface area contributed by atoms with E-state index in [9.17, 15) is 13.2 Å². The van der Waals surface area contributed by atoms with Crippen LogP contribution in [0.2, 0.25) is 5.02 Å². The van der Waals surface area contributed by atoms with E-state index in [0.29, 0.717) is 51.4 Å². The maximum absolute atomic E-state index is 13.0. The molecule has 1 saturated heterocycles. The van der Waals surface area contributed by atoms with Gasteiger partial charge in [0.15, 0.2) is 12.1 Å². The molecule has 2 atom stereocenters. The number of aryl methyl sites for hydroxylation is 1. The van der Waals surface area contributed by atoms with Crippen LogP contribution in [-0.4, -0.2) is 73.8 Å². The molecule has 0 N–H and O–H groups in total. The predicted molar refractivity (Wildman–Crippen MR) is 147 cm³/mol. The third kappa shape index (κ3) is 6.58. The maximum atomic E-state index is 13.0. The van der Waals surface area contributed by atoms with Crippen LogP contribution >= 0.6 is 11.6 Å². The average Bonchev–Trinajstić information content (AvgIpc) is 3.25. The number of hydrogen-bond donors (Lipinski definition) is 0. The number of rotatable bonds is 9. The molecule has 13 heteroatoms. The Morgan fingerprint density at radius 3 is 2.65 bits per heavy atom. The number of benzene rings is 2. The summed E-state index contributed by atoms with van der Waals surface area (Å²) >= 11 is 6.14. The van der Waals surface area contributed by atoms with Crippen molar-refractivity contribution in [2.75, 3.05) is 32.7 Å². The van der Waals surface area contributed by atoms with Gasteiger partial charge in [-0.15, -0.1) is 10.2 Å². The maximum Gasteiger partial charge on any atom is 0.338 e. The smallest absolute Gasteiger partial charge is 0.338 e. The normalized spacial score (nSPS) is 18.8. The highest BCUT2D eigenvalue weighted by molar-refractivity contribution is 7.85. The largest absolute Gasteiger partial charge is 0.460 e. The van der Waals surface area contributed by atoms with Crippen LogP contribution in [0.15, 0.2) is 47.5 Å². The van der Waals surface area contributed by atoms with Crippen molar-refractivity contribution < 1.29 is 31.6 Å². The number of ether oxygens (including phenoxy) is 3. The molecule has 1 aromatic heterocycles. The second-order valence-corrected chi connectivity index (χ2v) is 11.5. The number of halogens is 1. The highest BCUT2D eigenvalue weighted by Crippen LogP contribution is 2.32. The van der Waals surface area contributed by atoms with Gasteiger partial charge in [-0.1, -0.05) is 23.7 Å². The Morgan fingerprint density at radius 2 is 1.93 bits per heavy atom.